The van der Waals surface area contributed by atoms with Crippen molar-refractivity contribution in [1.29, 1.82) is 0 Å². The van der Waals surface area contributed by atoms with Crippen LogP contribution in [0.5, 0.6) is 0 Å². The molecule has 0 aliphatic heterocycles. The van der Waals surface area contributed by atoms with E-state index in [1.807, 2.05) is 12.1 Å². The summed E-state index contributed by atoms with van der Waals surface area (Å²) in [6.07, 6.45) is 11.0. The fourth-order valence-electron chi connectivity index (χ4n) is 3.49. The number of aliphatic hydroxyl groups excluding tert-OH is 1. The quantitative estimate of drug-likeness (QED) is 0.722. The monoisotopic (exact) mass is 319 g/mol. The zero-order valence-corrected chi connectivity index (χ0v) is 14.0. The summed E-state index contributed by atoms with van der Waals surface area (Å²) >= 11 is 0. The van der Waals surface area contributed by atoms with Gasteiger partial charge in [0.1, 0.15) is 0 Å². The molecule has 2 amide bonds. The molecule has 1 aromatic heterocycles. The van der Waals surface area contributed by atoms with Crippen molar-refractivity contribution in [3.8, 4) is 0 Å². The van der Waals surface area contributed by atoms with E-state index in [4.69, 9.17) is 0 Å². The first-order chi connectivity index (χ1) is 11.2. The topological polar surface area (TPSA) is 74.2 Å². The van der Waals surface area contributed by atoms with Gasteiger partial charge in [0.25, 0.3) is 0 Å². The van der Waals surface area contributed by atoms with Crippen LogP contribution in [0, 0.1) is 5.92 Å². The molecule has 1 aliphatic carbocycles. The molecule has 3 N–H and O–H groups in total. The second kappa shape index (κ2) is 9.50. The Bertz CT molecular complexity index is 461. The highest BCUT2D eigenvalue weighted by Crippen LogP contribution is 2.27. The van der Waals surface area contributed by atoms with Crippen LogP contribution in [0.1, 0.15) is 63.5 Å². The zero-order valence-electron chi connectivity index (χ0n) is 14.0. The van der Waals surface area contributed by atoms with Crippen molar-refractivity contribution in [2.24, 2.45) is 5.92 Å². The second-order valence-electron chi connectivity index (χ2n) is 6.38. The third-order valence-corrected chi connectivity index (χ3v) is 4.80. The molecular formula is C18H29N3O2. The van der Waals surface area contributed by atoms with Gasteiger partial charge in [-0.1, -0.05) is 26.2 Å². The number of hydrogen-bond acceptors (Lipinski definition) is 3. The summed E-state index contributed by atoms with van der Waals surface area (Å²) in [5, 5.41) is 15.5. The van der Waals surface area contributed by atoms with Crippen molar-refractivity contribution in [2.75, 3.05) is 6.61 Å². The maximum atomic E-state index is 12.4. The third-order valence-electron chi connectivity index (χ3n) is 4.80. The number of carbonyl (C=O) groups is 1. The van der Waals surface area contributed by atoms with Gasteiger partial charge in [-0.05, 0) is 49.3 Å². The minimum atomic E-state index is -0.141. The van der Waals surface area contributed by atoms with E-state index in [0.717, 1.165) is 24.8 Å². The molecule has 2 rings (SSSR count). The summed E-state index contributed by atoms with van der Waals surface area (Å²) in [7, 11) is 0. The Hall–Kier alpha value is -1.62. The predicted molar refractivity (Wildman–Crippen MR) is 91.0 cm³/mol. The molecule has 0 aromatic carbocycles. The molecule has 0 spiro atoms. The molecular weight excluding hydrogens is 290 g/mol. The van der Waals surface area contributed by atoms with E-state index in [2.05, 4.69) is 22.5 Å². The molecule has 0 bridgehead atoms. The summed E-state index contributed by atoms with van der Waals surface area (Å²) < 4.78 is 0. The van der Waals surface area contributed by atoms with Gasteiger partial charge in [-0.25, -0.2) is 4.79 Å². The fraction of sp³-hybridized carbons (Fsp3) is 0.667. The number of hydrogen-bond donors (Lipinski definition) is 3. The van der Waals surface area contributed by atoms with Gasteiger partial charge in [-0.3, -0.25) is 4.98 Å². The highest BCUT2D eigenvalue weighted by atomic mass is 16.3. The van der Waals surface area contributed by atoms with Crippen molar-refractivity contribution < 1.29 is 9.90 Å². The lowest BCUT2D eigenvalue weighted by Crippen LogP contribution is -2.47. The fourth-order valence-corrected chi connectivity index (χ4v) is 3.49. The van der Waals surface area contributed by atoms with Gasteiger partial charge in [0, 0.05) is 25.0 Å². The lowest BCUT2D eigenvalue weighted by Gasteiger charge is -2.31. The first kappa shape index (κ1) is 17.7. The molecule has 128 valence electrons. The normalized spacial score (nSPS) is 18.2. The van der Waals surface area contributed by atoms with Crippen LogP contribution in [0.2, 0.25) is 0 Å². The Kier molecular flexibility index (Phi) is 7.33. The first-order valence-corrected chi connectivity index (χ1v) is 8.82. The highest BCUT2D eigenvalue weighted by Gasteiger charge is 2.25. The largest absolute Gasteiger partial charge is 0.396 e. The number of carbonyl (C=O) groups excluding carboxylic acids is 1. The van der Waals surface area contributed by atoms with Gasteiger partial charge in [-0.2, -0.15) is 0 Å². The second-order valence-corrected chi connectivity index (χ2v) is 6.38. The summed E-state index contributed by atoms with van der Waals surface area (Å²) in [5.41, 5.74) is 1.06. The van der Waals surface area contributed by atoms with Gasteiger partial charge in [-0.15, -0.1) is 0 Å². The van der Waals surface area contributed by atoms with E-state index < -0.39 is 0 Å². The molecule has 2 atom stereocenters. The Labute approximate surface area is 138 Å². The number of amides is 2. The van der Waals surface area contributed by atoms with Crippen LogP contribution in [-0.4, -0.2) is 28.8 Å². The molecule has 0 saturated heterocycles. The molecule has 1 aliphatic rings. The van der Waals surface area contributed by atoms with Crippen LogP contribution < -0.4 is 10.6 Å². The minimum absolute atomic E-state index is 0.0147. The number of nitrogens with zero attached hydrogens (tertiary/aromatic N) is 1. The first-order valence-electron chi connectivity index (χ1n) is 8.82. The Morgan fingerprint density at radius 3 is 2.57 bits per heavy atom. The van der Waals surface area contributed by atoms with Gasteiger partial charge < -0.3 is 15.7 Å². The lowest BCUT2D eigenvalue weighted by atomic mass is 9.83. The van der Waals surface area contributed by atoms with Crippen LogP contribution in [0.4, 0.5) is 4.79 Å². The van der Waals surface area contributed by atoms with E-state index in [-0.39, 0.29) is 24.7 Å². The Balaban J connectivity index is 1.92. The molecule has 1 saturated carbocycles. The number of pyridine rings is 1. The lowest BCUT2D eigenvalue weighted by molar-refractivity contribution is 0.194. The minimum Gasteiger partial charge on any atom is -0.396 e. The summed E-state index contributed by atoms with van der Waals surface area (Å²) in [6, 6.07) is 3.77. The molecule has 0 unspecified atom stereocenters. The maximum Gasteiger partial charge on any atom is 0.315 e. The SMILES string of the molecule is CC[C@H](NC(=O)N[C@@H](CCO)C1CCCCC1)c1ccncc1. The van der Waals surface area contributed by atoms with Crippen molar-refractivity contribution >= 4 is 6.03 Å². The van der Waals surface area contributed by atoms with Crippen molar-refractivity contribution in [3.63, 3.8) is 0 Å². The Morgan fingerprint density at radius 2 is 1.96 bits per heavy atom. The van der Waals surface area contributed by atoms with E-state index in [1.165, 1.54) is 19.3 Å². The zero-order chi connectivity index (χ0) is 16.5. The molecule has 5 heteroatoms. The average Bonchev–Trinajstić information content (AvgIpc) is 2.61. The Morgan fingerprint density at radius 1 is 1.26 bits per heavy atom. The maximum absolute atomic E-state index is 12.4. The summed E-state index contributed by atoms with van der Waals surface area (Å²) in [4.78, 5) is 16.4. The summed E-state index contributed by atoms with van der Waals surface area (Å²) in [6.45, 7) is 2.17. The number of aromatic nitrogens is 1. The predicted octanol–water partition coefficient (Wildman–Crippen LogP) is 3.16. The average molecular weight is 319 g/mol. The van der Waals surface area contributed by atoms with Crippen molar-refractivity contribution in [2.45, 2.75) is 64.0 Å². The van der Waals surface area contributed by atoms with Gasteiger partial charge in [0.15, 0.2) is 0 Å². The standard InChI is InChI=1S/C18H29N3O2/c1-2-16(15-8-11-19-12-9-15)20-18(23)21-17(10-13-22)14-6-4-3-5-7-14/h8-9,11-12,14,16-17,22H,2-7,10,13H2,1H3,(H2,20,21,23)/t16-,17-/m0/s1. The molecule has 1 fully saturated rings. The van der Waals surface area contributed by atoms with Crippen LogP contribution >= 0.6 is 0 Å². The van der Waals surface area contributed by atoms with Crippen LogP contribution in [0.15, 0.2) is 24.5 Å². The van der Waals surface area contributed by atoms with E-state index in [1.54, 1.807) is 12.4 Å². The van der Waals surface area contributed by atoms with E-state index >= 15 is 0 Å². The van der Waals surface area contributed by atoms with Gasteiger partial charge in [0.05, 0.1) is 6.04 Å². The molecule has 5 nitrogen and oxygen atoms in total. The van der Waals surface area contributed by atoms with Crippen LogP contribution in [-0.2, 0) is 0 Å². The number of aliphatic hydroxyl groups is 1. The molecule has 1 aromatic rings. The summed E-state index contributed by atoms with van der Waals surface area (Å²) in [5.74, 6) is 0.489. The van der Waals surface area contributed by atoms with E-state index in [9.17, 15) is 9.90 Å². The molecule has 1 heterocycles. The smallest absolute Gasteiger partial charge is 0.315 e. The third kappa shape index (κ3) is 5.50. The van der Waals surface area contributed by atoms with Crippen molar-refractivity contribution in [1.82, 2.24) is 15.6 Å². The molecule has 0 radical (unpaired) electrons. The van der Waals surface area contributed by atoms with Gasteiger partial charge >= 0.3 is 6.03 Å². The molecule has 23 heavy (non-hydrogen) atoms. The van der Waals surface area contributed by atoms with Crippen molar-refractivity contribution in [3.05, 3.63) is 30.1 Å². The number of nitrogens with one attached hydrogen (secondary N) is 2. The number of urea groups is 1. The number of rotatable bonds is 7. The van der Waals surface area contributed by atoms with Crippen LogP contribution in [0.25, 0.3) is 0 Å². The van der Waals surface area contributed by atoms with Crippen LogP contribution in [0.3, 0.4) is 0 Å². The van der Waals surface area contributed by atoms with Gasteiger partial charge in [0.2, 0.25) is 0 Å². The highest BCUT2D eigenvalue weighted by molar-refractivity contribution is 5.74. The van der Waals surface area contributed by atoms with E-state index in [0.29, 0.717) is 12.3 Å².